The number of hydrogen-bond donors (Lipinski definition) is 1. The van der Waals surface area contributed by atoms with Crippen molar-refractivity contribution in [3.63, 3.8) is 0 Å². The smallest absolute Gasteiger partial charge is 0.220 e. The van der Waals surface area contributed by atoms with Crippen LogP contribution in [0.3, 0.4) is 0 Å². The number of amides is 1. The Labute approximate surface area is 160 Å². The van der Waals surface area contributed by atoms with Crippen molar-refractivity contribution in [3.8, 4) is 0 Å². The highest BCUT2D eigenvalue weighted by Gasteiger charge is 2.30. The molecule has 26 heavy (non-hydrogen) atoms. The van der Waals surface area contributed by atoms with Gasteiger partial charge in [0, 0.05) is 32.7 Å². The summed E-state index contributed by atoms with van der Waals surface area (Å²) in [5.74, 6) is -0.108. The molecule has 2 aromatic rings. The topological polar surface area (TPSA) is 66.5 Å². The predicted molar refractivity (Wildman–Crippen MR) is 108 cm³/mol. The molecular weight excluding hydrogens is 368 g/mol. The molecule has 2 rings (SSSR count). The molecule has 1 N–H and O–H groups in total. The largest absolute Gasteiger partial charge is 0.378 e. The van der Waals surface area contributed by atoms with Crippen molar-refractivity contribution >= 4 is 32.8 Å². The van der Waals surface area contributed by atoms with Crippen LogP contribution < -0.4 is 10.2 Å². The number of nitrogens with one attached hydrogen (secondary N) is 1. The lowest BCUT2D eigenvalue weighted by molar-refractivity contribution is -0.121. The molecule has 1 atom stereocenters. The lowest BCUT2D eigenvalue weighted by Gasteiger charge is -2.19. The second kappa shape index (κ2) is 9.19. The molecule has 5 nitrogen and oxygen atoms in total. The molecule has 0 spiro atoms. The van der Waals surface area contributed by atoms with Crippen molar-refractivity contribution in [1.82, 2.24) is 5.32 Å². The predicted octanol–water partition coefficient (Wildman–Crippen LogP) is 3.64. The Balaban J connectivity index is 2.28. The first-order valence-electron chi connectivity index (χ1n) is 8.67. The second-order valence-electron chi connectivity index (χ2n) is 6.36. The minimum Gasteiger partial charge on any atom is -0.378 e. The molecule has 0 unspecified atom stereocenters. The van der Waals surface area contributed by atoms with Crippen molar-refractivity contribution in [3.05, 3.63) is 47.3 Å². The number of nitrogens with zero attached hydrogens (tertiary/aromatic N) is 1. The minimum absolute atomic E-state index is 0.0735. The standard InChI is InChI=1S/C19H26N2O3S2/c1-4-5-7-18(22)20-14-17(26(23,24)19-8-6-13-25-19)15-9-11-16(12-10-15)21(2)3/h6,8-13,17H,4-5,7,14H2,1-3H3,(H,20,22)/t17-/m0/s1. The van der Waals surface area contributed by atoms with E-state index in [4.69, 9.17) is 0 Å². The molecule has 1 heterocycles. The highest BCUT2D eigenvalue weighted by Crippen LogP contribution is 2.32. The first-order chi connectivity index (χ1) is 12.4. The summed E-state index contributed by atoms with van der Waals surface area (Å²) in [5, 5.41) is 3.74. The number of unbranched alkanes of at least 4 members (excludes halogenated alkanes) is 1. The SMILES string of the molecule is CCCCC(=O)NC[C@@H](c1ccc(N(C)C)cc1)S(=O)(=O)c1cccs1. The van der Waals surface area contributed by atoms with Crippen LogP contribution in [0.2, 0.25) is 0 Å². The Morgan fingerprint density at radius 1 is 1.19 bits per heavy atom. The second-order valence-corrected chi connectivity index (χ2v) is 9.66. The highest BCUT2D eigenvalue weighted by molar-refractivity contribution is 7.93. The summed E-state index contributed by atoms with van der Waals surface area (Å²) in [4.78, 5) is 13.9. The lowest BCUT2D eigenvalue weighted by atomic mass is 10.1. The van der Waals surface area contributed by atoms with Crippen LogP contribution >= 0.6 is 11.3 Å². The summed E-state index contributed by atoms with van der Waals surface area (Å²) in [6.45, 7) is 2.09. The molecule has 0 aliphatic heterocycles. The van der Waals surface area contributed by atoms with Crippen LogP contribution in [0.15, 0.2) is 46.0 Å². The van der Waals surface area contributed by atoms with Crippen LogP contribution in [0.1, 0.15) is 37.0 Å². The zero-order valence-electron chi connectivity index (χ0n) is 15.4. The van der Waals surface area contributed by atoms with Crippen LogP contribution in [0.4, 0.5) is 5.69 Å². The number of thiophene rings is 1. The third kappa shape index (κ3) is 5.08. The summed E-state index contributed by atoms with van der Waals surface area (Å²) in [6, 6.07) is 10.8. The van der Waals surface area contributed by atoms with Gasteiger partial charge in [-0.3, -0.25) is 4.79 Å². The number of sulfone groups is 1. The Kier molecular flexibility index (Phi) is 7.23. The number of rotatable bonds is 9. The van der Waals surface area contributed by atoms with E-state index in [1.807, 2.05) is 50.2 Å². The maximum Gasteiger partial charge on any atom is 0.220 e. The summed E-state index contributed by atoms with van der Waals surface area (Å²) in [5.41, 5.74) is 1.67. The van der Waals surface area contributed by atoms with Crippen molar-refractivity contribution in [1.29, 1.82) is 0 Å². The van der Waals surface area contributed by atoms with Crippen molar-refractivity contribution < 1.29 is 13.2 Å². The third-order valence-electron chi connectivity index (χ3n) is 4.17. The molecule has 0 radical (unpaired) electrons. The average Bonchev–Trinajstić information content (AvgIpc) is 3.16. The van der Waals surface area contributed by atoms with E-state index in [1.165, 1.54) is 11.3 Å². The quantitative estimate of drug-likeness (QED) is 0.705. The van der Waals surface area contributed by atoms with Gasteiger partial charge >= 0.3 is 0 Å². The number of hydrogen-bond acceptors (Lipinski definition) is 5. The summed E-state index contributed by atoms with van der Waals surface area (Å²) in [7, 11) is 0.297. The van der Waals surface area contributed by atoms with Gasteiger partial charge in [0.1, 0.15) is 9.46 Å². The average molecular weight is 395 g/mol. The lowest BCUT2D eigenvalue weighted by Crippen LogP contribution is -2.31. The van der Waals surface area contributed by atoms with Crippen LogP contribution in [0, 0.1) is 0 Å². The Morgan fingerprint density at radius 2 is 1.88 bits per heavy atom. The van der Waals surface area contributed by atoms with Gasteiger partial charge in [-0.05, 0) is 35.6 Å². The van der Waals surface area contributed by atoms with Gasteiger partial charge in [-0.25, -0.2) is 8.42 Å². The molecule has 0 aliphatic rings. The molecule has 0 bridgehead atoms. The van der Waals surface area contributed by atoms with Gasteiger partial charge in [0.15, 0.2) is 9.84 Å². The van der Waals surface area contributed by atoms with Crippen molar-refractivity contribution in [2.24, 2.45) is 0 Å². The van der Waals surface area contributed by atoms with Crippen molar-refractivity contribution in [2.75, 3.05) is 25.5 Å². The maximum atomic E-state index is 13.1. The molecule has 1 aromatic carbocycles. The van der Waals surface area contributed by atoms with Gasteiger partial charge in [-0.2, -0.15) is 0 Å². The summed E-state index contributed by atoms with van der Waals surface area (Å²) >= 11 is 1.20. The molecular formula is C19H26N2O3S2. The normalized spacial score (nSPS) is 12.6. The number of carbonyl (C=O) groups excluding carboxylic acids is 1. The zero-order chi connectivity index (χ0) is 19.2. The number of benzene rings is 1. The highest BCUT2D eigenvalue weighted by atomic mass is 32.2. The fraction of sp³-hybridized carbons (Fsp3) is 0.421. The van der Waals surface area contributed by atoms with Gasteiger partial charge in [-0.1, -0.05) is 31.5 Å². The van der Waals surface area contributed by atoms with Gasteiger partial charge in [0.05, 0.1) is 0 Å². The number of anilines is 1. The van der Waals surface area contributed by atoms with E-state index >= 15 is 0 Å². The van der Waals surface area contributed by atoms with Crippen molar-refractivity contribution in [2.45, 2.75) is 35.6 Å². The molecule has 1 aromatic heterocycles. The van der Waals surface area contributed by atoms with Gasteiger partial charge in [-0.15, -0.1) is 11.3 Å². The molecule has 1 amide bonds. The maximum absolute atomic E-state index is 13.1. The van der Waals surface area contributed by atoms with E-state index in [1.54, 1.807) is 17.5 Å². The Morgan fingerprint density at radius 3 is 2.42 bits per heavy atom. The van der Waals surface area contributed by atoms with E-state index in [9.17, 15) is 13.2 Å². The first kappa shape index (κ1) is 20.5. The zero-order valence-corrected chi connectivity index (χ0v) is 17.1. The first-order valence-corrected chi connectivity index (χ1v) is 11.1. The van der Waals surface area contributed by atoms with E-state index in [0.717, 1.165) is 18.5 Å². The Hall–Kier alpha value is -1.86. The van der Waals surface area contributed by atoms with Crippen LogP contribution in [-0.2, 0) is 14.6 Å². The fourth-order valence-electron chi connectivity index (χ4n) is 2.59. The van der Waals surface area contributed by atoms with E-state index in [2.05, 4.69) is 5.32 Å². The molecule has 142 valence electrons. The molecule has 0 saturated heterocycles. The molecule has 0 saturated carbocycles. The monoisotopic (exact) mass is 394 g/mol. The Bertz CT molecular complexity index is 798. The van der Waals surface area contributed by atoms with E-state index in [0.29, 0.717) is 16.2 Å². The van der Waals surface area contributed by atoms with E-state index in [-0.39, 0.29) is 12.5 Å². The van der Waals surface area contributed by atoms with Crippen LogP contribution in [0.25, 0.3) is 0 Å². The molecule has 0 fully saturated rings. The summed E-state index contributed by atoms with van der Waals surface area (Å²) < 4.78 is 26.5. The molecule has 0 aliphatic carbocycles. The van der Waals surface area contributed by atoms with Gasteiger partial charge in [0.25, 0.3) is 0 Å². The molecule has 7 heteroatoms. The minimum atomic E-state index is -3.57. The van der Waals surface area contributed by atoms with Gasteiger partial charge < -0.3 is 10.2 Å². The fourth-order valence-corrected chi connectivity index (χ4v) is 5.46. The van der Waals surface area contributed by atoms with E-state index < -0.39 is 15.1 Å². The number of carbonyl (C=O) groups is 1. The third-order valence-corrected chi connectivity index (χ3v) is 7.71. The van der Waals surface area contributed by atoms with Crippen LogP contribution in [0.5, 0.6) is 0 Å². The summed E-state index contributed by atoms with van der Waals surface area (Å²) in [6.07, 6.45) is 2.14. The van der Waals surface area contributed by atoms with Gasteiger partial charge in [0.2, 0.25) is 5.91 Å². The van der Waals surface area contributed by atoms with Crippen LogP contribution in [-0.4, -0.2) is 35.0 Å².